The lowest BCUT2D eigenvalue weighted by atomic mass is 10.1. The maximum Gasteiger partial charge on any atom is 0.416 e. The summed E-state index contributed by atoms with van der Waals surface area (Å²) < 4.78 is 47.4. The Morgan fingerprint density at radius 1 is 1.03 bits per heavy atom. The molecule has 2 aromatic carbocycles. The maximum atomic E-state index is 13.4. The summed E-state index contributed by atoms with van der Waals surface area (Å²) in [5.74, 6) is -0.607. The van der Waals surface area contributed by atoms with E-state index in [0.717, 1.165) is 12.1 Å². The highest BCUT2D eigenvalue weighted by Crippen LogP contribution is 2.39. The number of carbonyl (C=O) groups excluding carboxylic acids is 2. The second-order valence-electron chi connectivity index (χ2n) is 8.27. The summed E-state index contributed by atoms with van der Waals surface area (Å²) in [5.41, 5.74) is 10.9. The third-order valence-electron chi connectivity index (χ3n) is 5.51. The smallest absolute Gasteiger partial charge is 0.416 e. The van der Waals surface area contributed by atoms with Crippen LogP contribution in [0.5, 0.6) is 11.5 Å². The molecule has 13 heteroatoms. The third-order valence-corrected chi connectivity index (χ3v) is 5.51. The zero-order valence-corrected chi connectivity index (χ0v) is 20.2. The third kappa shape index (κ3) is 5.72. The fraction of sp³-hybridized carbons (Fsp3) is 0.160. The fourth-order valence-corrected chi connectivity index (χ4v) is 3.50. The Labute approximate surface area is 214 Å². The lowest BCUT2D eigenvalue weighted by Gasteiger charge is -2.15. The van der Waals surface area contributed by atoms with E-state index >= 15 is 0 Å². The van der Waals surface area contributed by atoms with Gasteiger partial charge in [0.2, 0.25) is 5.91 Å². The molecule has 0 saturated carbocycles. The summed E-state index contributed by atoms with van der Waals surface area (Å²) in [6.45, 7) is 1.53. The number of nitrogens with zero attached hydrogens (tertiary/aromatic N) is 4. The van der Waals surface area contributed by atoms with Crippen molar-refractivity contribution in [2.75, 3.05) is 5.32 Å². The molecule has 5 N–H and O–H groups in total. The molecule has 0 unspecified atom stereocenters. The van der Waals surface area contributed by atoms with Gasteiger partial charge in [0, 0.05) is 30.4 Å². The number of anilines is 1. The summed E-state index contributed by atoms with van der Waals surface area (Å²) in [6.07, 6.45) is -3.06. The molecule has 0 aliphatic heterocycles. The molecule has 10 nitrogen and oxygen atoms in total. The molecule has 0 spiro atoms. The topological polar surface area (TPSA) is 151 Å². The Balaban J connectivity index is 1.66. The van der Waals surface area contributed by atoms with Crippen LogP contribution in [0.2, 0.25) is 0 Å². The summed E-state index contributed by atoms with van der Waals surface area (Å²) in [4.78, 5) is 31.6. The number of hydrogen-bond acceptors (Lipinski definition) is 7. The van der Waals surface area contributed by atoms with Gasteiger partial charge < -0.3 is 21.5 Å². The van der Waals surface area contributed by atoms with Crippen molar-refractivity contribution < 1.29 is 27.5 Å². The van der Waals surface area contributed by atoms with E-state index in [1.807, 2.05) is 0 Å². The van der Waals surface area contributed by atoms with Crippen LogP contribution in [0, 0.1) is 0 Å². The molecule has 2 heterocycles. The predicted octanol–water partition coefficient (Wildman–Crippen LogP) is 3.74. The van der Waals surface area contributed by atoms with Crippen LogP contribution in [0.3, 0.4) is 0 Å². The number of amides is 2. The average molecular weight is 525 g/mol. The number of halogens is 3. The lowest BCUT2D eigenvalue weighted by Crippen LogP contribution is -2.33. The van der Waals surface area contributed by atoms with Crippen molar-refractivity contribution in [1.82, 2.24) is 19.7 Å². The van der Waals surface area contributed by atoms with Gasteiger partial charge in [-0.2, -0.15) is 18.3 Å². The number of ether oxygens (including phenoxy) is 1. The number of primary amides is 2. The minimum absolute atomic E-state index is 0.0833. The molecule has 0 fully saturated rings. The molecular formula is C25H22F3N7O3. The second kappa shape index (κ2) is 10.2. The summed E-state index contributed by atoms with van der Waals surface area (Å²) in [7, 11) is 1.61. The number of alkyl halides is 3. The fourth-order valence-electron chi connectivity index (χ4n) is 3.50. The predicted molar refractivity (Wildman–Crippen MR) is 132 cm³/mol. The van der Waals surface area contributed by atoms with Crippen LogP contribution in [0.4, 0.5) is 19.0 Å². The molecule has 196 valence electrons. The van der Waals surface area contributed by atoms with Crippen LogP contribution < -0.4 is 21.5 Å². The average Bonchev–Trinajstić information content (AvgIpc) is 3.29. The van der Waals surface area contributed by atoms with Gasteiger partial charge in [-0.15, -0.1) is 0 Å². The molecule has 0 saturated heterocycles. The first-order valence-electron chi connectivity index (χ1n) is 11.1. The Morgan fingerprint density at radius 2 is 1.74 bits per heavy atom. The molecule has 0 aliphatic rings. The highest BCUT2D eigenvalue weighted by Gasteiger charge is 2.31. The lowest BCUT2D eigenvalue weighted by molar-refractivity contribution is -0.137. The van der Waals surface area contributed by atoms with E-state index in [2.05, 4.69) is 20.4 Å². The van der Waals surface area contributed by atoms with Crippen LogP contribution >= 0.6 is 0 Å². The first kappa shape index (κ1) is 26.1. The number of nitrogens with two attached hydrogens (primary N) is 2. The number of aromatic nitrogens is 4. The van der Waals surface area contributed by atoms with E-state index < -0.39 is 29.6 Å². The number of nitrogens with one attached hydrogen (secondary N) is 1. The van der Waals surface area contributed by atoms with E-state index in [1.165, 1.54) is 29.9 Å². The van der Waals surface area contributed by atoms with Gasteiger partial charge in [0.1, 0.15) is 29.1 Å². The number of hydrogen-bond donors (Lipinski definition) is 3. The SMILES string of the molecule is C[C@H](Nc1cc(C(N)=O)nc(-c2ccc(Oc3ccc(C(F)(F)F)cc3-c3ccnn3C)cc2)n1)C(N)=O. The normalized spacial score (nSPS) is 12.1. The van der Waals surface area contributed by atoms with Gasteiger partial charge in [-0.05, 0) is 55.5 Å². The van der Waals surface area contributed by atoms with Crippen LogP contribution in [0.25, 0.3) is 22.6 Å². The van der Waals surface area contributed by atoms with E-state index in [9.17, 15) is 22.8 Å². The Bertz CT molecular complexity index is 1500. The van der Waals surface area contributed by atoms with Gasteiger partial charge in [-0.3, -0.25) is 14.3 Å². The first-order valence-corrected chi connectivity index (χ1v) is 11.1. The van der Waals surface area contributed by atoms with E-state index in [1.54, 1.807) is 37.4 Å². The van der Waals surface area contributed by atoms with Crippen molar-refractivity contribution in [3.63, 3.8) is 0 Å². The molecule has 38 heavy (non-hydrogen) atoms. The monoisotopic (exact) mass is 525 g/mol. The van der Waals surface area contributed by atoms with Crippen molar-refractivity contribution in [2.24, 2.45) is 18.5 Å². The molecule has 4 aromatic rings. The number of aryl methyl sites for hydroxylation is 1. The molecule has 2 amide bonds. The zero-order chi connectivity index (χ0) is 27.6. The molecule has 0 bridgehead atoms. The van der Waals surface area contributed by atoms with Gasteiger partial charge in [-0.1, -0.05) is 0 Å². The van der Waals surface area contributed by atoms with Gasteiger partial charge in [0.15, 0.2) is 5.82 Å². The summed E-state index contributed by atoms with van der Waals surface area (Å²) >= 11 is 0. The van der Waals surface area contributed by atoms with Gasteiger partial charge in [-0.25, -0.2) is 9.97 Å². The van der Waals surface area contributed by atoms with Crippen molar-refractivity contribution in [3.05, 3.63) is 72.1 Å². The number of carbonyl (C=O) groups is 2. The molecular weight excluding hydrogens is 503 g/mol. The van der Waals surface area contributed by atoms with Crippen LogP contribution in [0.1, 0.15) is 23.0 Å². The highest BCUT2D eigenvalue weighted by molar-refractivity contribution is 5.92. The Kier molecular flexibility index (Phi) is 7.02. The minimum atomic E-state index is -4.53. The quantitative estimate of drug-likeness (QED) is 0.317. The maximum absolute atomic E-state index is 13.4. The van der Waals surface area contributed by atoms with Crippen molar-refractivity contribution in [2.45, 2.75) is 19.1 Å². The van der Waals surface area contributed by atoms with Crippen LogP contribution in [-0.2, 0) is 18.0 Å². The molecule has 1 atom stereocenters. The molecule has 2 aromatic heterocycles. The van der Waals surface area contributed by atoms with Crippen LogP contribution in [-0.4, -0.2) is 37.6 Å². The summed E-state index contributed by atoms with van der Waals surface area (Å²) in [5, 5.41) is 6.82. The zero-order valence-electron chi connectivity index (χ0n) is 20.2. The standard InChI is InChI=1S/C25H22F3N7O3/c1-13(22(29)36)32-21-12-18(23(30)37)33-24(34-21)14-3-6-16(7-4-14)38-20-8-5-15(25(26,27)28)11-17(20)19-9-10-31-35(19)2/h3-13H,1-2H3,(H2,29,36)(H2,30,37)(H,32,33,34)/t13-/m0/s1. The Hall–Kier alpha value is -4.94. The van der Waals surface area contributed by atoms with E-state index in [0.29, 0.717) is 17.0 Å². The second-order valence-corrected chi connectivity index (χ2v) is 8.27. The molecule has 0 aliphatic carbocycles. The van der Waals surface area contributed by atoms with E-state index in [-0.39, 0.29) is 28.6 Å². The van der Waals surface area contributed by atoms with Crippen molar-refractivity contribution in [1.29, 1.82) is 0 Å². The summed E-state index contributed by atoms with van der Waals surface area (Å²) in [6, 6.07) is 11.6. The van der Waals surface area contributed by atoms with Gasteiger partial charge >= 0.3 is 6.18 Å². The largest absolute Gasteiger partial charge is 0.457 e. The Morgan fingerprint density at radius 3 is 2.32 bits per heavy atom. The van der Waals surface area contributed by atoms with Crippen LogP contribution in [0.15, 0.2) is 60.8 Å². The van der Waals surface area contributed by atoms with Gasteiger partial charge in [0.05, 0.1) is 11.3 Å². The first-order chi connectivity index (χ1) is 17.9. The van der Waals surface area contributed by atoms with Crippen molar-refractivity contribution in [3.8, 4) is 34.1 Å². The highest BCUT2D eigenvalue weighted by atomic mass is 19.4. The number of rotatable bonds is 8. The molecule has 0 radical (unpaired) electrons. The van der Waals surface area contributed by atoms with Crippen molar-refractivity contribution >= 4 is 17.6 Å². The molecule has 4 rings (SSSR count). The number of benzene rings is 2. The minimum Gasteiger partial charge on any atom is -0.457 e. The van der Waals surface area contributed by atoms with E-state index in [4.69, 9.17) is 16.2 Å². The van der Waals surface area contributed by atoms with Gasteiger partial charge in [0.25, 0.3) is 5.91 Å².